The Labute approximate surface area is 128 Å². The number of hydrogen-bond donors (Lipinski definition) is 2. The van der Waals surface area contributed by atoms with E-state index in [1.807, 2.05) is 6.92 Å². The second-order valence-corrected chi connectivity index (χ2v) is 5.61. The van der Waals surface area contributed by atoms with E-state index in [1.54, 1.807) is 0 Å². The Bertz CT molecular complexity index is 672. The molecule has 1 amide bonds. The predicted octanol–water partition coefficient (Wildman–Crippen LogP) is 3.26. The van der Waals surface area contributed by atoms with Gasteiger partial charge in [0.15, 0.2) is 5.13 Å². The summed E-state index contributed by atoms with van der Waals surface area (Å²) < 4.78 is 40.8. The number of alkyl halides is 3. The van der Waals surface area contributed by atoms with Crippen molar-refractivity contribution in [1.29, 1.82) is 0 Å². The second-order valence-electron chi connectivity index (χ2n) is 4.58. The van der Waals surface area contributed by atoms with Crippen molar-refractivity contribution >= 4 is 32.6 Å². The highest BCUT2D eigenvalue weighted by Crippen LogP contribution is 2.31. The monoisotopic (exact) mass is 333 g/mol. The molecule has 2 aromatic rings. The van der Waals surface area contributed by atoms with Crippen molar-refractivity contribution in [3.05, 3.63) is 18.2 Å². The summed E-state index contributed by atoms with van der Waals surface area (Å²) in [5, 5.41) is 2.85. The zero-order chi connectivity index (χ0) is 16.3. The molecule has 120 valence electrons. The Kier molecular flexibility index (Phi) is 4.87. The third kappa shape index (κ3) is 4.31. The van der Waals surface area contributed by atoms with Crippen molar-refractivity contribution in [2.75, 3.05) is 5.32 Å². The Morgan fingerprint density at radius 3 is 2.86 bits per heavy atom. The summed E-state index contributed by atoms with van der Waals surface area (Å²) in [6.07, 6.45) is -3.44. The number of benzene rings is 1. The molecule has 1 atom stereocenters. The molecular formula is C13H14F3N3O2S. The summed E-state index contributed by atoms with van der Waals surface area (Å²) in [4.78, 5) is 15.9. The first-order valence-electron chi connectivity index (χ1n) is 6.51. The lowest BCUT2D eigenvalue weighted by molar-refractivity contribution is -0.274. The molecule has 0 fully saturated rings. The molecule has 1 unspecified atom stereocenters. The maximum absolute atomic E-state index is 12.2. The third-order valence-electron chi connectivity index (χ3n) is 2.76. The molecule has 0 saturated heterocycles. The number of nitrogens with two attached hydrogens (primary N) is 1. The first-order chi connectivity index (χ1) is 10.3. The minimum Gasteiger partial charge on any atom is -0.406 e. The van der Waals surface area contributed by atoms with Crippen LogP contribution >= 0.6 is 11.3 Å². The summed E-state index contributed by atoms with van der Waals surface area (Å²) in [7, 11) is 0. The molecule has 1 aromatic carbocycles. The molecular weight excluding hydrogens is 319 g/mol. The number of carbonyl (C=O) groups is 1. The van der Waals surface area contributed by atoms with E-state index in [9.17, 15) is 18.0 Å². The zero-order valence-corrected chi connectivity index (χ0v) is 12.4. The highest BCUT2D eigenvalue weighted by Gasteiger charge is 2.31. The fourth-order valence-electron chi connectivity index (χ4n) is 1.80. The number of nitrogens with one attached hydrogen (secondary N) is 1. The molecule has 0 spiro atoms. The average molecular weight is 333 g/mol. The van der Waals surface area contributed by atoms with Gasteiger partial charge < -0.3 is 15.8 Å². The van der Waals surface area contributed by atoms with Gasteiger partial charge in [0.2, 0.25) is 5.91 Å². The quantitative estimate of drug-likeness (QED) is 0.880. The lowest BCUT2D eigenvalue weighted by Crippen LogP contribution is -2.35. The highest BCUT2D eigenvalue weighted by atomic mass is 32.1. The van der Waals surface area contributed by atoms with E-state index >= 15 is 0 Å². The Morgan fingerprint density at radius 1 is 1.50 bits per heavy atom. The maximum atomic E-state index is 12.2. The van der Waals surface area contributed by atoms with E-state index in [0.717, 1.165) is 17.8 Å². The number of anilines is 1. The number of aromatic nitrogens is 1. The summed E-state index contributed by atoms with van der Waals surface area (Å²) in [6, 6.07) is 3.15. The van der Waals surface area contributed by atoms with Gasteiger partial charge in [-0.25, -0.2) is 4.98 Å². The molecule has 0 aliphatic carbocycles. The summed E-state index contributed by atoms with van der Waals surface area (Å²) >= 11 is 1.06. The molecule has 1 heterocycles. The minimum atomic E-state index is -4.75. The molecule has 3 N–H and O–H groups in total. The van der Waals surface area contributed by atoms with Crippen molar-refractivity contribution in [2.24, 2.45) is 5.73 Å². The summed E-state index contributed by atoms with van der Waals surface area (Å²) in [5.41, 5.74) is 6.15. The van der Waals surface area contributed by atoms with Gasteiger partial charge in [-0.15, -0.1) is 13.2 Å². The molecule has 2 rings (SSSR count). The maximum Gasteiger partial charge on any atom is 0.573 e. The minimum absolute atomic E-state index is 0.288. The predicted molar refractivity (Wildman–Crippen MR) is 77.8 cm³/mol. The zero-order valence-electron chi connectivity index (χ0n) is 11.6. The van der Waals surface area contributed by atoms with Crippen molar-refractivity contribution in [1.82, 2.24) is 4.98 Å². The SMILES string of the molecule is CCCC(N)C(=O)Nc1nc2ccc(OC(F)(F)F)cc2s1. The number of amides is 1. The molecule has 1 aromatic heterocycles. The molecule has 0 radical (unpaired) electrons. The summed E-state index contributed by atoms with van der Waals surface area (Å²) in [5.74, 6) is -0.697. The van der Waals surface area contributed by atoms with E-state index < -0.39 is 12.4 Å². The molecule has 5 nitrogen and oxygen atoms in total. The van der Waals surface area contributed by atoms with Crippen molar-refractivity contribution in [3.8, 4) is 5.75 Å². The Hall–Kier alpha value is -1.87. The fourth-order valence-corrected chi connectivity index (χ4v) is 2.69. The third-order valence-corrected chi connectivity index (χ3v) is 3.69. The van der Waals surface area contributed by atoms with Crippen LogP contribution in [-0.2, 0) is 4.79 Å². The summed E-state index contributed by atoms with van der Waals surface area (Å²) in [6.45, 7) is 1.91. The van der Waals surface area contributed by atoms with Crippen LogP contribution in [0.2, 0.25) is 0 Å². The number of hydrogen-bond acceptors (Lipinski definition) is 5. The van der Waals surface area contributed by atoms with Crippen LogP contribution in [0.3, 0.4) is 0 Å². The van der Waals surface area contributed by atoms with Gasteiger partial charge >= 0.3 is 6.36 Å². The average Bonchev–Trinajstić information content (AvgIpc) is 2.78. The molecule has 0 aliphatic rings. The van der Waals surface area contributed by atoms with E-state index in [-0.39, 0.29) is 16.8 Å². The van der Waals surface area contributed by atoms with Crippen LogP contribution in [0, 0.1) is 0 Å². The number of fused-ring (bicyclic) bond motifs is 1. The van der Waals surface area contributed by atoms with Gasteiger partial charge in [0.05, 0.1) is 16.3 Å². The van der Waals surface area contributed by atoms with Gasteiger partial charge in [-0.1, -0.05) is 24.7 Å². The number of nitrogens with zero attached hydrogens (tertiary/aromatic N) is 1. The first kappa shape index (κ1) is 16.5. The van der Waals surface area contributed by atoms with Crippen LogP contribution in [0.4, 0.5) is 18.3 Å². The number of rotatable bonds is 5. The number of carbonyl (C=O) groups excluding carboxylic acids is 1. The first-order valence-corrected chi connectivity index (χ1v) is 7.33. The van der Waals surface area contributed by atoms with Gasteiger partial charge in [0.25, 0.3) is 0 Å². The molecule has 9 heteroatoms. The number of ether oxygens (including phenoxy) is 1. The van der Waals surface area contributed by atoms with Crippen LogP contribution in [0.15, 0.2) is 18.2 Å². The van der Waals surface area contributed by atoms with Crippen molar-refractivity contribution < 1.29 is 22.7 Å². The van der Waals surface area contributed by atoms with Gasteiger partial charge in [0.1, 0.15) is 5.75 Å². The van der Waals surface area contributed by atoms with E-state index in [4.69, 9.17) is 5.73 Å². The Balaban J connectivity index is 2.15. The normalized spacial score (nSPS) is 13.1. The smallest absolute Gasteiger partial charge is 0.406 e. The fraction of sp³-hybridized carbons (Fsp3) is 0.385. The molecule has 0 aliphatic heterocycles. The van der Waals surface area contributed by atoms with Crippen LogP contribution in [0.5, 0.6) is 5.75 Å². The van der Waals surface area contributed by atoms with E-state index in [2.05, 4.69) is 15.0 Å². The standard InChI is InChI=1S/C13H14F3N3O2S/c1-2-3-8(17)11(20)19-12-18-9-5-4-7(6-10(9)22-12)21-13(14,15)16/h4-6,8H,2-3,17H2,1H3,(H,18,19,20). The lowest BCUT2D eigenvalue weighted by atomic mass is 10.2. The van der Waals surface area contributed by atoms with Gasteiger partial charge in [-0.3, -0.25) is 4.79 Å². The van der Waals surface area contributed by atoms with Gasteiger partial charge in [0, 0.05) is 6.07 Å². The van der Waals surface area contributed by atoms with E-state index in [1.165, 1.54) is 18.2 Å². The highest BCUT2D eigenvalue weighted by molar-refractivity contribution is 7.22. The topological polar surface area (TPSA) is 77.2 Å². The van der Waals surface area contributed by atoms with Crippen molar-refractivity contribution in [2.45, 2.75) is 32.2 Å². The van der Waals surface area contributed by atoms with Crippen molar-refractivity contribution in [3.63, 3.8) is 0 Å². The van der Waals surface area contributed by atoms with Gasteiger partial charge in [-0.05, 0) is 18.6 Å². The molecule has 22 heavy (non-hydrogen) atoms. The largest absolute Gasteiger partial charge is 0.573 e. The molecule has 0 bridgehead atoms. The second kappa shape index (κ2) is 6.49. The number of halogens is 3. The van der Waals surface area contributed by atoms with Crippen LogP contribution in [0.25, 0.3) is 10.2 Å². The van der Waals surface area contributed by atoms with E-state index in [0.29, 0.717) is 16.6 Å². The molecule has 0 saturated carbocycles. The lowest BCUT2D eigenvalue weighted by Gasteiger charge is -2.08. The van der Waals surface area contributed by atoms with Crippen LogP contribution in [0.1, 0.15) is 19.8 Å². The number of thiazole rings is 1. The van der Waals surface area contributed by atoms with Crippen LogP contribution < -0.4 is 15.8 Å². The Morgan fingerprint density at radius 2 is 2.23 bits per heavy atom. The van der Waals surface area contributed by atoms with Gasteiger partial charge in [-0.2, -0.15) is 0 Å². The van der Waals surface area contributed by atoms with Crippen LogP contribution in [-0.4, -0.2) is 23.3 Å².